The summed E-state index contributed by atoms with van der Waals surface area (Å²) in [7, 11) is 0. The van der Waals surface area contributed by atoms with Gasteiger partial charge in [-0.25, -0.2) is 0 Å². The summed E-state index contributed by atoms with van der Waals surface area (Å²) < 4.78 is 1.17. The Balaban J connectivity index is 1.72. The third kappa shape index (κ3) is 5.70. The van der Waals surface area contributed by atoms with Gasteiger partial charge in [-0.15, -0.1) is 0 Å². The Hall–Kier alpha value is -2.16. The number of hydrogen-bond acceptors (Lipinski definition) is 1. The molecule has 0 spiro atoms. The minimum Gasteiger partial charge on any atom is -0.291 e. The molecule has 0 unspecified atom stereocenters. The molecule has 0 heterocycles. The van der Waals surface area contributed by atoms with Gasteiger partial charge in [0.15, 0.2) is 0 Å². The van der Waals surface area contributed by atoms with Crippen LogP contribution in [0.15, 0.2) is 95.5 Å². The van der Waals surface area contributed by atoms with Gasteiger partial charge in [-0.1, -0.05) is 107 Å². The predicted octanol–water partition coefficient (Wildman–Crippen LogP) is 6.16. The molecule has 3 aromatic carbocycles. The highest BCUT2D eigenvalue weighted by atomic mass is 79.9. The third-order valence-corrected chi connectivity index (χ3v) is 4.85. The van der Waals surface area contributed by atoms with E-state index in [2.05, 4.69) is 112 Å². The molecule has 0 saturated heterocycles. The topological polar surface area (TPSA) is 3.24 Å². The molecule has 1 nitrogen and oxygen atoms in total. The SMILES string of the molecule is Brc1ccccc1CN(CC=Cc1ccccc1)Cc1ccccc1. The zero-order chi connectivity index (χ0) is 17.3. The minimum atomic E-state index is 0.908. The number of hydrogen-bond donors (Lipinski definition) is 0. The van der Waals surface area contributed by atoms with E-state index in [1.165, 1.54) is 21.2 Å². The maximum atomic E-state index is 3.67. The van der Waals surface area contributed by atoms with Crippen LogP contribution in [0.2, 0.25) is 0 Å². The average Bonchev–Trinajstić information content (AvgIpc) is 2.65. The summed E-state index contributed by atoms with van der Waals surface area (Å²) in [5.74, 6) is 0. The van der Waals surface area contributed by atoms with Crippen LogP contribution in [-0.4, -0.2) is 11.4 Å². The zero-order valence-electron chi connectivity index (χ0n) is 14.2. The first-order valence-corrected chi connectivity index (χ1v) is 9.32. The van der Waals surface area contributed by atoms with E-state index in [-0.39, 0.29) is 0 Å². The van der Waals surface area contributed by atoms with E-state index in [1.807, 2.05) is 6.07 Å². The summed E-state index contributed by atoms with van der Waals surface area (Å²) >= 11 is 3.67. The lowest BCUT2D eigenvalue weighted by Crippen LogP contribution is -2.23. The van der Waals surface area contributed by atoms with Gasteiger partial charge in [-0.3, -0.25) is 4.90 Å². The van der Waals surface area contributed by atoms with Crippen LogP contribution in [0.25, 0.3) is 6.08 Å². The van der Waals surface area contributed by atoms with Gasteiger partial charge in [-0.05, 0) is 22.8 Å². The highest BCUT2D eigenvalue weighted by Gasteiger charge is 2.08. The van der Waals surface area contributed by atoms with Gasteiger partial charge < -0.3 is 0 Å². The van der Waals surface area contributed by atoms with Crippen LogP contribution < -0.4 is 0 Å². The lowest BCUT2D eigenvalue weighted by Gasteiger charge is -2.21. The molecule has 0 aliphatic rings. The summed E-state index contributed by atoms with van der Waals surface area (Å²) in [6, 6.07) is 29.6. The lowest BCUT2D eigenvalue weighted by atomic mass is 10.1. The highest BCUT2D eigenvalue weighted by molar-refractivity contribution is 9.10. The average molecular weight is 392 g/mol. The molecule has 0 aromatic heterocycles. The Morgan fingerprint density at radius 3 is 2.08 bits per heavy atom. The molecule has 3 aromatic rings. The van der Waals surface area contributed by atoms with E-state index in [1.54, 1.807) is 0 Å². The second-order valence-corrected chi connectivity index (χ2v) is 6.91. The molecule has 0 N–H and O–H groups in total. The second-order valence-electron chi connectivity index (χ2n) is 6.06. The maximum absolute atomic E-state index is 3.67. The molecule has 0 bridgehead atoms. The predicted molar refractivity (Wildman–Crippen MR) is 110 cm³/mol. The summed E-state index contributed by atoms with van der Waals surface area (Å²) in [4.78, 5) is 2.45. The van der Waals surface area contributed by atoms with Crippen molar-refractivity contribution in [3.63, 3.8) is 0 Å². The second kappa shape index (κ2) is 9.36. The van der Waals surface area contributed by atoms with Crippen LogP contribution in [0.3, 0.4) is 0 Å². The normalized spacial score (nSPS) is 11.3. The lowest BCUT2D eigenvalue weighted by molar-refractivity contribution is 0.286. The molecule has 0 aliphatic carbocycles. The van der Waals surface area contributed by atoms with Gasteiger partial charge in [0.05, 0.1) is 0 Å². The molecular formula is C23H22BrN. The van der Waals surface area contributed by atoms with Crippen LogP contribution in [0, 0.1) is 0 Å². The third-order valence-electron chi connectivity index (χ3n) is 4.07. The molecule has 126 valence electrons. The molecular weight excluding hydrogens is 370 g/mol. The molecule has 25 heavy (non-hydrogen) atoms. The van der Waals surface area contributed by atoms with Crippen molar-refractivity contribution in [1.29, 1.82) is 0 Å². The van der Waals surface area contributed by atoms with E-state index in [9.17, 15) is 0 Å². The van der Waals surface area contributed by atoms with Crippen molar-refractivity contribution in [3.8, 4) is 0 Å². The fourth-order valence-electron chi connectivity index (χ4n) is 2.80. The largest absolute Gasteiger partial charge is 0.291 e. The first-order valence-electron chi connectivity index (χ1n) is 8.52. The molecule has 0 atom stereocenters. The summed E-state index contributed by atoms with van der Waals surface area (Å²) in [5.41, 5.74) is 3.89. The van der Waals surface area contributed by atoms with Gasteiger partial charge >= 0.3 is 0 Å². The fraction of sp³-hybridized carbons (Fsp3) is 0.130. The van der Waals surface area contributed by atoms with Crippen molar-refractivity contribution in [2.24, 2.45) is 0 Å². The highest BCUT2D eigenvalue weighted by Crippen LogP contribution is 2.19. The zero-order valence-corrected chi connectivity index (χ0v) is 15.8. The fourth-order valence-corrected chi connectivity index (χ4v) is 3.21. The number of rotatable bonds is 7. The Morgan fingerprint density at radius 1 is 0.720 bits per heavy atom. The molecule has 2 heteroatoms. The van der Waals surface area contributed by atoms with Gasteiger partial charge in [0.25, 0.3) is 0 Å². The molecule has 0 amide bonds. The standard InChI is InChI=1S/C23H22BrN/c24-23-16-8-7-15-22(23)19-25(18-21-12-5-2-6-13-21)17-9-14-20-10-3-1-4-11-20/h1-16H,17-19H2. The number of nitrogens with zero attached hydrogens (tertiary/aromatic N) is 1. The maximum Gasteiger partial charge on any atom is 0.0251 e. The summed E-state index contributed by atoms with van der Waals surface area (Å²) in [6.07, 6.45) is 4.44. The van der Waals surface area contributed by atoms with Crippen molar-refractivity contribution in [3.05, 3.63) is 112 Å². The Labute approximate surface area is 158 Å². The van der Waals surface area contributed by atoms with Crippen molar-refractivity contribution < 1.29 is 0 Å². The summed E-state index contributed by atoms with van der Waals surface area (Å²) in [6.45, 7) is 2.75. The first-order chi connectivity index (χ1) is 12.3. The van der Waals surface area contributed by atoms with Crippen molar-refractivity contribution in [1.82, 2.24) is 4.90 Å². The van der Waals surface area contributed by atoms with Gasteiger partial charge in [0.1, 0.15) is 0 Å². The van der Waals surface area contributed by atoms with Crippen molar-refractivity contribution >= 4 is 22.0 Å². The monoisotopic (exact) mass is 391 g/mol. The summed E-state index contributed by atoms with van der Waals surface area (Å²) in [5, 5.41) is 0. The molecule has 0 saturated carbocycles. The van der Waals surface area contributed by atoms with E-state index in [0.717, 1.165) is 19.6 Å². The molecule has 3 rings (SSSR count). The van der Waals surface area contributed by atoms with Crippen LogP contribution in [-0.2, 0) is 13.1 Å². The van der Waals surface area contributed by atoms with Gasteiger partial charge in [0, 0.05) is 24.1 Å². The minimum absolute atomic E-state index is 0.908. The van der Waals surface area contributed by atoms with Crippen LogP contribution in [0.5, 0.6) is 0 Å². The Bertz CT molecular complexity index is 797. The Kier molecular flexibility index (Phi) is 6.61. The van der Waals surface area contributed by atoms with Crippen molar-refractivity contribution in [2.75, 3.05) is 6.54 Å². The molecule has 0 aliphatic heterocycles. The van der Waals surface area contributed by atoms with E-state index in [4.69, 9.17) is 0 Å². The Morgan fingerprint density at radius 2 is 1.36 bits per heavy atom. The van der Waals surface area contributed by atoms with Crippen molar-refractivity contribution in [2.45, 2.75) is 13.1 Å². The smallest absolute Gasteiger partial charge is 0.0251 e. The number of halogens is 1. The number of benzene rings is 3. The van der Waals surface area contributed by atoms with Gasteiger partial charge in [0.2, 0.25) is 0 Å². The van der Waals surface area contributed by atoms with Crippen LogP contribution in [0.1, 0.15) is 16.7 Å². The van der Waals surface area contributed by atoms with E-state index in [0.29, 0.717) is 0 Å². The molecule has 0 fully saturated rings. The van der Waals surface area contributed by atoms with Gasteiger partial charge in [-0.2, -0.15) is 0 Å². The van der Waals surface area contributed by atoms with Crippen LogP contribution in [0.4, 0.5) is 0 Å². The quantitative estimate of drug-likeness (QED) is 0.465. The van der Waals surface area contributed by atoms with E-state index >= 15 is 0 Å². The molecule has 0 radical (unpaired) electrons. The first kappa shape index (κ1) is 17.7. The van der Waals surface area contributed by atoms with Crippen LogP contribution >= 0.6 is 15.9 Å². The van der Waals surface area contributed by atoms with E-state index < -0.39 is 0 Å².